The molecule has 0 spiro atoms. The van der Waals surface area contributed by atoms with Crippen molar-refractivity contribution < 1.29 is 9.90 Å². The smallest absolute Gasteiger partial charge is 0.306 e. The van der Waals surface area contributed by atoms with Crippen LogP contribution in [0.3, 0.4) is 0 Å². The Morgan fingerprint density at radius 2 is 2.30 bits per heavy atom. The molecule has 110 valence electrons. The number of carboxylic acid groups (broad SMARTS) is 1. The van der Waals surface area contributed by atoms with E-state index in [9.17, 15) is 9.90 Å². The van der Waals surface area contributed by atoms with Gasteiger partial charge in [0.15, 0.2) is 0 Å². The number of carbonyl (C=O) groups is 1. The van der Waals surface area contributed by atoms with E-state index in [1.165, 1.54) is 6.42 Å². The van der Waals surface area contributed by atoms with Crippen LogP contribution in [-0.2, 0) is 17.6 Å². The van der Waals surface area contributed by atoms with E-state index in [-0.39, 0.29) is 5.92 Å². The summed E-state index contributed by atoms with van der Waals surface area (Å²) in [4.78, 5) is 13.6. The van der Waals surface area contributed by atoms with Gasteiger partial charge in [-0.15, -0.1) is 5.10 Å². The fourth-order valence-electron chi connectivity index (χ4n) is 3.42. The molecule has 6 heteroatoms. The van der Waals surface area contributed by atoms with Crippen LogP contribution in [-0.4, -0.2) is 50.6 Å². The zero-order valence-corrected chi connectivity index (χ0v) is 12.0. The molecule has 1 aromatic rings. The molecule has 2 atom stereocenters. The first-order valence-electron chi connectivity index (χ1n) is 7.57. The highest BCUT2D eigenvalue weighted by Crippen LogP contribution is 2.29. The van der Waals surface area contributed by atoms with E-state index in [2.05, 4.69) is 22.1 Å². The van der Waals surface area contributed by atoms with Crippen molar-refractivity contribution in [1.29, 1.82) is 0 Å². The second-order valence-electron chi connectivity index (χ2n) is 5.89. The van der Waals surface area contributed by atoms with E-state index >= 15 is 0 Å². The standard InChI is InChI=1S/C14H22N4O2/c1-2-17-7-3-4-11(9-17)18-13-8-10(14(19)20)5-6-12(13)15-16-18/h10-11H,2-9H2,1H3,(H,19,20)/t10-,11+/m0/s1. The number of rotatable bonds is 3. The maximum absolute atomic E-state index is 11.2. The second kappa shape index (κ2) is 5.52. The summed E-state index contributed by atoms with van der Waals surface area (Å²) < 4.78 is 2.02. The van der Waals surface area contributed by atoms with Crippen molar-refractivity contribution in [3.8, 4) is 0 Å². The molecule has 1 aromatic heterocycles. The average molecular weight is 278 g/mol. The number of carboxylic acids is 1. The van der Waals surface area contributed by atoms with Gasteiger partial charge < -0.3 is 10.0 Å². The third-order valence-electron chi connectivity index (χ3n) is 4.66. The van der Waals surface area contributed by atoms with Gasteiger partial charge in [-0.05, 0) is 38.8 Å². The maximum atomic E-state index is 11.2. The Labute approximate surface area is 118 Å². The lowest BCUT2D eigenvalue weighted by molar-refractivity contribution is -0.142. The number of aryl methyl sites for hydroxylation is 1. The minimum atomic E-state index is -0.692. The van der Waals surface area contributed by atoms with Crippen LogP contribution in [0.1, 0.15) is 43.6 Å². The number of hydrogen-bond acceptors (Lipinski definition) is 4. The first-order valence-corrected chi connectivity index (χ1v) is 7.57. The number of fused-ring (bicyclic) bond motifs is 1. The first kappa shape index (κ1) is 13.5. The summed E-state index contributed by atoms with van der Waals surface area (Å²) in [6, 6.07) is 0.354. The van der Waals surface area contributed by atoms with Crippen LogP contribution in [0.15, 0.2) is 0 Å². The molecular formula is C14H22N4O2. The van der Waals surface area contributed by atoms with Gasteiger partial charge in [0, 0.05) is 13.0 Å². The van der Waals surface area contributed by atoms with Crippen molar-refractivity contribution in [1.82, 2.24) is 19.9 Å². The number of nitrogens with zero attached hydrogens (tertiary/aromatic N) is 4. The van der Waals surface area contributed by atoms with Crippen molar-refractivity contribution >= 4 is 5.97 Å². The SMILES string of the molecule is CCN1CCC[C@@H](n2nnc3c2C[C@@H](C(=O)O)CC3)C1. The van der Waals surface area contributed by atoms with E-state index < -0.39 is 5.97 Å². The van der Waals surface area contributed by atoms with Crippen LogP contribution in [0.5, 0.6) is 0 Å². The normalized spacial score (nSPS) is 27.2. The van der Waals surface area contributed by atoms with E-state index in [4.69, 9.17) is 0 Å². The maximum Gasteiger partial charge on any atom is 0.306 e. The summed E-state index contributed by atoms with van der Waals surface area (Å²) in [5, 5.41) is 17.8. The van der Waals surface area contributed by atoms with Crippen LogP contribution in [0.4, 0.5) is 0 Å². The summed E-state index contributed by atoms with van der Waals surface area (Å²) >= 11 is 0. The van der Waals surface area contributed by atoms with Gasteiger partial charge in [0.2, 0.25) is 0 Å². The predicted octanol–water partition coefficient (Wildman–Crippen LogP) is 1.12. The Kier molecular flexibility index (Phi) is 3.74. The third-order valence-corrected chi connectivity index (χ3v) is 4.66. The van der Waals surface area contributed by atoms with Crippen molar-refractivity contribution in [3.63, 3.8) is 0 Å². The van der Waals surface area contributed by atoms with Crippen LogP contribution in [0, 0.1) is 5.92 Å². The topological polar surface area (TPSA) is 71.2 Å². The fourth-order valence-corrected chi connectivity index (χ4v) is 3.42. The van der Waals surface area contributed by atoms with Crippen molar-refractivity contribution in [2.24, 2.45) is 5.92 Å². The number of hydrogen-bond donors (Lipinski definition) is 1. The average Bonchev–Trinajstić information content (AvgIpc) is 2.90. The fraction of sp³-hybridized carbons (Fsp3) is 0.786. The van der Waals surface area contributed by atoms with Gasteiger partial charge in [-0.25, -0.2) is 4.68 Å². The zero-order valence-electron chi connectivity index (χ0n) is 12.0. The Hall–Kier alpha value is -1.43. The molecule has 1 aliphatic heterocycles. The molecule has 0 saturated carbocycles. The van der Waals surface area contributed by atoms with E-state index in [1.807, 2.05) is 4.68 Å². The summed E-state index contributed by atoms with van der Waals surface area (Å²) in [6.07, 6.45) is 4.31. The lowest BCUT2D eigenvalue weighted by Gasteiger charge is -2.33. The highest BCUT2D eigenvalue weighted by Gasteiger charge is 2.31. The van der Waals surface area contributed by atoms with E-state index in [0.717, 1.165) is 43.9 Å². The van der Waals surface area contributed by atoms with Gasteiger partial charge in [0.05, 0.1) is 23.3 Å². The molecule has 0 aromatic carbocycles. The van der Waals surface area contributed by atoms with Gasteiger partial charge in [-0.3, -0.25) is 4.79 Å². The highest BCUT2D eigenvalue weighted by atomic mass is 16.4. The van der Waals surface area contributed by atoms with Crippen molar-refractivity contribution in [2.45, 2.75) is 45.1 Å². The Morgan fingerprint density at radius 1 is 1.45 bits per heavy atom. The zero-order chi connectivity index (χ0) is 14.1. The molecular weight excluding hydrogens is 256 g/mol. The van der Waals surface area contributed by atoms with Crippen LogP contribution in [0.25, 0.3) is 0 Å². The monoisotopic (exact) mass is 278 g/mol. The molecule has 20 heavy (non-hydrogen) atoms. The van der Waals surface area contributed by atoms with Crippen molar-refractivity contribution in [3.05, 3.63) is 11.4 Å². The molecule has 6 nitrogen and oxygen atoms in total. The molecule has 2 aliphatic rings. The van der Waals surface area contributed by atoms with Crippen LogP contribution < -0.4 is 0 Å². The summed E-state index contributed by atoms with van der Waals surface area (Å²) in [5.41, 5.74) is 2.07. The predicted molar refractivity (Wildman–Crippen MR) is 73.6 cm³/mol. The molecule has 3 rings (SSSR count). The first-order chi connectivity index (χ1) is 9.69. The Morgan fingerprint density at radius 3 is 3.05 bits per heavy atom. The van der Waals surface area contributed by atoms with Gasteiger partial charge in [-0.2, -0.15) is 0 Å². The van der Waals surface area contributed by atoms with Gasteiger partial charge >= 0.3 is 5.97 Å². The number of likely N-dealkylation sites (N-methyl/N-ethyl adjacent to an activating group) is 1. The summed E-state index contributed by atoms with van der Waals surface area (Å²) in [5.74, 6) is -0.965. The largest absolute Gasteiger partial charge is 0.481 e. The van der Waals surface area contributed by atoms with Crippen LogP contribution in [0.2, 0.25) is 0 Å². The molecule has 2 heterocycles. The number of likely N-dealkylation sites (tertiary alicyclic amines) is 1. The number of aliphatic carboxylic acids is 1. The minimum absolute atomic E-state index is 0.273. The lowest BCUT2D eigenvalue weighted by Crippen LogP contribution is -2.37. The van der Waals surface area contributed by atoms with E-state index in [0.29, 0.717) is 18.9 Å². The van der Waals surface area contributed by atoms with Crippen molar-refractivity contribution in [2.75, 3.05) is 19.6 Å². The third kappa shape index (κ3) is 2.44. The Bertz CT molecular complexity index is 499. The molecule has 1 N–H and O–H groups in total. The molecule has 0 bridgehead atoms. The van der Waals surface area contributed by atoms with Crippen LogP contribution >= 0.6 is 0 Å². The second-order valence-corrected chi connectivity index (χ2v) is 5.89. The highest BCUT2D eigenvalue weighted by molar-refractivity contribution is 5.70. The molecule has 0 unspecified atom stereocenters. The number of piperidine rings is 1. The number of aromatic nitrogens is 3. The minimum Gasteiger partial charge on any atom is -0.481 e. The summed E-state index contributed by atoms with van der Waals surface area (Å²) in [6.45, 7) is 5.40. The molecule has 1 aliphatic carbocycles. The van der Waals surface area contributed by atoms with Gasteiger partial charge in [0.25, 0.3) is 0 Å². The molecule has 1 fully saturated rings. The summed E-state index contributed by atoms with van der Waals surface area (Å²) in [7, 11) is 0. The van der Waals surface area contributed by atoms with E-state index in [1.54, 1.807) is 0 Å². The van der Waals surface area contributed by atoms with Gasteiger partial charge in [0.1, 0.15) is 0 Å². The molecule has 0 amide bonds. The molecule has 1 saturated heterocycles. The quantitative estimate of drug-likeness (QED) is 0.897. The Balaban J connectivity index is 1.81. The lowest BCUT2D eigenvalue weighted by atomic mass is 9.89. The molecule has 0 radical (unpaired) electrons. The van der Waals surface area contributed by atoms with Gasteiger partial charge in [-0.1, -0.05) is 12.1 Å².